The normalized spacial score (nSPS) is 36.8. The smallest absolute Gasteiger partial charge is 0.0755 e. The summed E-state index contributed by atoms with van der Waals surface area (Å²) >= 11 is 0. The van der Waals surface area contributed by atoms with Gasteiger partial charge in [-0.1, -0.05) is 0 Å². The zero-order valence-corrected chi connectivity index (χ0v) is 10.0. The van der Waals surface area contributed by atoms with Gasteiger partial charge in [-0.05, 0) is 32.6 Å². The number of aliphatic hydroxyl groups is 1. The maximum absolute atomic E-state index is 9.36. The molecule has 4 unspecified atom stereocenters. The molecule has 2 aliphatic rings. The first-order valence-electron chi connectivity index (χ1n) is 6.41. The number of hydrogen-bond acceptors (Lipinski definition) is 4. The van der Waals surface area contributed by atoms with Gasteiger partial charge in [0.15, 0.2) is 0 Å². The summed E-state index contributed by atoms with van der Waals surface area (Å²) in [6.45, 7) is 3.95. The third-order valence-electron chi connectivity index (χ3n) is 3.54. The van der Waals surface area contributed by atoms with Crippen molar-refractivity contribution in [2.24, 2.45) is 0 Å². The van der Waals surface area contributed by atoms with Crippen LogP contribution in [-0.2, 0) is 9.47 Å². The Morgan fingerprint density at radius 3 is 2.81 bits per heavy atom. The van der Waals surface area contributed by atoms with Gasteiger partial charge in [0.2, 0.25) is 0 Å². The number of rotatable bonds is 5. The van der Waals surface area contributed by atoms with Crippen LogP contribution in [0.1, 0.15) is 32.6 Å². The van der Waals surface area contributed by atoms with Gasteiger partial charge in [0.25, 0.3) is 0 Å². The van der Waals surface area contributed by atoms with Gasteiger partial charge in [-0.3, -0.25) is 0 Å². The molecule has 4 heteroatoms. The van der Waals surface area contributed by atoms with Crippen molar-refractivity contribution in [2.75, 3.05) is 19.8 Å². The summed E-state index contributed by atoms with van der Waals surface area (Å²) in [6, 6.07) is 0.0640. The van der Waals surface area contributed by atoms with Gasteiger partial charge in [-0.2, -0.15) is 0 Å². The third kappa shape index (κ3) is 3.17. The van der Waals surface area contributed by atoms with Crippen LogP contribution in [0, 0.1) is 0 Å². The van der Waals surface area contributed by atoms with Crippen molar-refractivity contribution >= 4 is 0 Å². The molecule has 2 fully saturated rings. The monoisotopic (exact) mass is 229 g/mol. The molecule has 0 aliphatic carbocycles. The van der Waals surface area contributed by atoms with E-state index in [2.05, 4.69) is 12.2 Å². The fourth-order valence-corrected chi connectivity index (χ4v) is 2.53. The van der Waals surface area contributed by atoms with E-state index >= 15 is 0 Å². The van der Waals surface area contributed by atoms with E-state index < -0.39 is 0 Å². The molecule has 0 radical (unpaired) electrons. The summed E-state index contributed by atoms with van der Waals surface area (Å²) in [5.74, 6) is 0. The van der Waals surface area contributed by atoms with E-state index in [4.69, 9.17) is 9.47 Å². The molecule has 2 rings (SSSR count). The SMILES string of the molecule is CC1CCC(C(CO)NCC2CCCO2)O1. The molecule has 0 aromatic carbocycles. The maximum Gasteiger partial charge on any atom is 0.0755 e. The van der Waals surface area contributed by atoms with Crippen molar-refractivity contribution in [3.63, 3.8) is 0 Å². The van der Waals surface area contributed by atoms with Gasteiger partial charge in [0.1, 0.15) is 0 Å². The van der Waals surface area contributed by atoms with Crippen molar-refractivity contribution in [3.05, 3.63) is 0 Å². The Bertz CT molecular complexity index is 206. The highest BCUT2D eigenvalue weighted by Gasteiger charge is 2.29. The van der Waals surface area contributed by atoms with Crippen LogP contribution in [-0.4, -0.2) is 49.2 Å². The van der Waals surface area contributed by atoms with E-state index in [0.717, 1.165) is 38.8 Å². The fourth-order valence-electron chi connectivity index (χ4n) is 2.53. The topological polar surface area (TPSA) is 50.7 Å². The minimum absolute atomic E-state index is 0.0640. The predicted octanol–water partition coefficient (Wildman–Crippen LogP) is 0.683. The second-order valence-electron chi connectivity index (χ2n) is 4.89. The quantitative estimate of drug-likeness (QED) is 0.728. The molecule has 4 nitrogen and oxygen atoms in total. The molecule has 0 amide bonds. The average molecular weight is 229 g/mol. The van der Waals surface area contributed by atoms with E-state index in [1.54, 1.807) is 0 Å². The molecule has 2 aliphatic heterocycles. The van der Waals surface area contributed by atoms with Crippen molar-refractivity contribution < 1.29 is 14.6 Å². The number of ether oxygens (including phenoxy) is 2. The molecule has 94 valence electrons. The lowest BCUT2D eigenvalue weighted by molar-refractivity contribution is 0.0125. The first-order chi connectivity index (χ1) is 7.79. The molecule has 2 saturated heterocycles. The van der Waals surface area contributed by atoms with Gasteiger partial charge < -0.3 is 19.9 Å². The molecule has 4 atom stereocenters. The second-order valence-corrected chi connectivity index (χ2v) is 4.89. The van der Waals surface area contributed by atoms with Crippen LogP contribution in [0.4, 0.5) is 0 Å². The van der Waals surface area contributed by atoms with Crippen LogP contribution in [0.5, 0.6) is 0 Å². The number of nitrogens with one attached hydrogen (secondary N) is 1. The maximum atomic E-state index is 9.36. The van der Waals surface area contributed by atoms with Crippen LogP contribution < -0.4 is 5.32 Å². The van der Waals surface area contributed by atoms with Crippen LogP contribution in [0.3, 0.4) is 0 Å². The first kappa shape index (κ1) is 12.3. The fraction of sp³-hybridized carbons (Fsp3) is 1.00. The van der Waals surface area contributed by atoms with E-state index in [0.29, 0.717) is 12.2 Å². The van der Waals surface area contributed by atoms with Gasteiger partial charge in [0.05, 0.1) is 31.0 Å². The van der Waals surface area contributed by atoms with Crippen LogP contribution >= 0.6 is 0 Å². The van der Waals surface area contributed by atoms with Gasteiger partial charge in [-0.15, -0.1) is 0 Å². The lowest BCUT2D eigenvalue weighted by atomic mass is 10.1. The average Bonchev–Trinajstić information content (AvgIpc) is 2.91. The third-order valence-corrected chi connectivity index (χ3v) is 3.54. The predicted molar refractivity (Wildman–Crippen MR) is 61.4 cm³/mol. The Hall–Kier alpha value is -0.160. The van der Waals surface area contributed by atoms with E-state index in [9.17, 15) is 5.11 Å². The summed E-state index contributed by atoms with van der Waals surface area (Å²) in [7, 11) is 0. The van der Waals surface area contributed by atoms with Gasteiger partial charge in [-0.25, -0.2) is 0 Å². The standard InChI is InChI=1S/C12H23NO3/c1-9-4-5-12(16-9)11(8-14)13-7-10-3-2-6-15-10/h9-14H,2-8H2,1H3. The van der Waals surface area contributed by atoms with Gasteiger partial charge >= 0.3 is 0 Å². The van der Waals surface area contributed by atoms with Crippen molar-refractivity contribution in [3.8, 4) is 0 Å². The van der Waals surface area contributed by atoms with Crippen LogP contribution in [0.2, 0.25) is 0 Å². The Kier molecular flexibility index (Phi) is 4.58. The van der Waals surface area contributed by atoms with Gasteiger partial charge in [0, 0.05) is 13.2 Å². The van der Waals surface area contributed by atoms with Crippen LogP contribution in [0.15, 0.2) is 0 Å². The Labute approximate surface area is 97.3 Å². The Morgan fingerprint density at radius 2 is 2.25 bits per heavy atom. The highest BCUT2D eigenvalue weighted by Crippen LogP contribution is 2.22. The molecule has 2 N–H and O–H groups in total. The van der Waals surface area contributed by atoms with Crippen molar-refractivity contribution in [2.45, 2.75) is 57.0 Å². The minimum atomic E-state index is 0.0640. The van der Waals surface area contributed by atoms with Crippen LogP contribution in [0.25, 0.3) is 0 Å². The summed E-state index contributed by atoms with van der Waals surface area (Å²) in [4.78, 5) is 0. The first-order valence-corrected chi connectivity index (χ1v) is 6.41. The molecule has 0 aromatic rings. The summed E-state index contributed by atoms with van der Waals surface area (Å²) in [6.07, 6.45) is 5.27. The molecule has 16 heavy (non-hydrogen) atoms. The van der Waals surface area contributed by atoms with E-state index in [-0.39, 0.29) is 18.8 Å². The second kappa shape index (κ2) is 5.96. The zero-order chi connectivity index (χ0) is 11.4. The summed E-state index contributed by atoms with van der Waals surface area (Å²) in [5.41, 5.74) is 0. The summed E-state index contributed by atoms with van der Waals surface area (Å²) in [5, 5.41) is 12.7. The zero-order valence-electron chi connectivity index (χ0n) is 10.0. The van der Waals surface area contributed by atoms with Crippen molar-refractivity contribution in [1.82, 2.24) is 5.32 Å². The minimum Gasteiger partial charge on any atom is -0.395 e. The molecule has 0 spiro atoms. The van der Waals surface area contributed by atoms with E-state index in [1.165, 1.54) is 0 Å². The molecular formula is C12H23NO3. The molecule has 2 heterocycles. The highest BCUT2D eigenvalue weighted by molar-refractivity contribution is 4.83. The number of hydrogen-bond donors (Lipinski definition) is 2. The van der Waals surface area contributed by atoms with E-state index in [1.807, 2.05) is 0 Å². The summed E-state index contributed by atoms with van der Waals surface area (Å²) < 4.78 is 11.3. The molecular weight excluding hydrogens is 206 g/mol. The highest BCUT2D eigenvalue weighted by atomic mass is 16.5. The molecule has 0 bridgehead atoms. The van der Waals surface area contributed by atoms with Crippen molar-refractivity contribution in [1.29, 1.82) is 0 Å². The largest absolute Gasteiger partial charge is 0.395 e. The number of aliphatic hydroxyl groups excluding tert-OH is 1. The molecule has 0 aromatic heterocycles. The lowest BCUT2D eigenvalue weighted by Gasteiger charge is -2.24. The Morgan fingerprint density at radius 1 is 1.38 bits per heavy atom. The lowest BCUT2D eigenvalue weighted by Crippen LogP contribution is -2.45. The molecule has 0 saturated carbocycles. The Balaban J connectivity index is 1.72.